The molecule has 1 fully saturated rings. The van der Waals surface area contributed by atoms with Gasteiger partial charge >= 0.3 is 5.97 Å². The summed E-state index contributed by atoms with van der Waals surface area (Å²) in [7, 11) is 0. The Balaban J connectivity index is 1.71. The number of carbonyl (C=O) groups is 1. The second-order valence-corrected chi connectivity index (χ2v) is 6.16. The second kappa shape index (κ2) is 7.11. The third kappa shape index (κ3) is 3.47. The Labute approximate surface area is 140 Å². The maximum absolute atomic E-state index is 13.9. The summed E-state index contributed by atoms with van der Waals surface area (Å²) in [5.74, 6) is -1.45. The van der Waals surface area contributed by atoms with E-state index in [-0.39, 0.29) is 17.5 Å². The van der Waals surface area contributed by atoms with E-state index in [1.165, 1.54) is 23.8 Å². The fourth-order valence-corrected chi connectivity index (χ4v) is 3.15. The highest BCUT2D eigenvalue weighted by Crippen LogP contribution is 2.32. The lowest BCUT2D eigenvalue weighted by Gasteiger charge is -2.28. The summed E-state index contributed by atoms with van der Waals surface area (Å²) >= 11 is 0. The van der Waals surface area contributed by atoms with Crippen molar-refractivity contribution < 1.29 is 19.0 Å². The van der Waals surface area contributed by atoms with Crippen LogP contribution in [-0.4, -0.2) is 30.8 Å². The summed E-state index contributed by atoms with van der Waals surface area (Å²) in [5.41, 5.74) is 1.53. The summed E-state index contributed by atoms with van der Waals surface area (Å²) in [6, 6.07) is 14.0. The highest BCUT2D eigenvalue weighted by atomic mass is 19.1. The first-order chi connectivity index (χ1) is 11.6. The molecule has 1 unspecified atom stereocenters. The number of ether oxygens (including phenoxy) is 1. The molecule has 1 aliphatic rings. The third-order valence-electron chi connectivity index (χ3n) is 4.56. The average Bonchev–Trinajstić information content (AvgIpc) is 3.07. The van der Waals surface area contributed by atoms with Crippen LogP contribution in [0.5, 0.6) is 0 Å². The van der Waals surface area contributed by atoms with Gasteiger partial charge in [0, 0.05) is 30.7 Å². The smallest absolute Gasteiger partial charge is 0.335 e. The van der Waals surface area contributed by atoms with Crippen LogP contribution in [0.4, 0.5) is 4.39 Å². The number of carboxylic acid groups (broad SMARTS) is 1. The van der Waals surface area contributed by atoms with Crippen molar-refractivity contribution in [1.29, 1.82) is 0 Å². The van der Waals surface area contributed by atoms with Crippen LogP contribution in [0.25, 0.3) is 0 Å². The fourth-order valence-electron chi connectivity index (χ4n) is 3.15. The van der Waals surface area contributed by atoms with Gasteiger partial charge in [0.25, 0.3) is 0 Å². The van der Waals surface area contributed by atoms with E-state index in [4.69, 9.17) is 9.84 Å². The first kappa shape index (κ1) is 16.6. The monoisotopic (exact) mass is 329 g/mol. The van der Waals surface area contributed by atoms with Crippen molar-refractivity contribution in [3.8, 4) is 0 Å². The summed E-state index contributed by atoms with van der Waals surface area (Å²) < 4.78 is 19.5. The molecule has 0 amide bonds. The topological polar surface area (TPSA) is 58.6 Å². The van der Waals surface area contributed by atoms with Gasteiger partial charge in [-0.15, -0.1) is 0 Å². The van der Waals surface area contributed by atoms with Gasteiger partial charge in [-0.3, -0.25) is 0 Å². The summed E-state index contributed by atoms with van der Waals surface area (Å²) in [6.45, 7) is 2.26. The molecule has 0 spiro atoms. The molecule has 126 valence electrons. The fraction of sp³-hybridized carbons (Fsp3) is 0.316. The van der Waals surface area contributed by atoms with Crippen molar-refractivity contribution >= 4 is 5.97 Å². The Hall–Kier alpha value is -2.24. The van der Waals surface area contributed by atoms with Crippen molar-refractivity contribution in [2.75, 3.05) is 19.8 Å². The van der Waals surface area contributed by atoms with E-state index in [0.717, 1.165) is 6.42 Å². The summed E-state index contributed by atoms with van der Waals surface area (Å²) in [6.07, 6.45) is 0.904. The molecule has 4 nitrogen and oxygen atoms in total. The van der Waals surface area contributed by atoms with Crippen molar-refractivity contribution in [1.82, 2.24) is 5.32 Å². The van der Waals surface area contributed by atoms with Gasteiger partial charge in [-0.1, -0.05) is 30.3 Å². The predicted molar refractivity (Wildman–Crippen MR) is 88.6 cm³/mol. The van der Waals surface area contributed by atoms with Gasteiger partial charge in [0.05, 0.1) is 12.2 Å². The van der Waals surface area contributed by atoms with Crippen LogP contribution in [0.1, 0.15) is 27.9 Å². The number of benzene rings is 2. The molecule has 5 heteroatoms. The molecular formula is C19H20FNO3. The van der Waals surface area contributed by atoms with E-state index >= 15 is 0 Å². The molecule has 1 saturated heterocycles. The van der Waals surface area contributed by atoms with Crippen LogP contribution in [-0.2, 0) is 16.7 Å². The number of aromatic carboxylic acids is 1. The Morgan fingerprint density at radius 3 is 2.71 bits per heavy atom. The van der Waals surface area contributed by atoms with Gasteiger partial charge in [-0.2, -0.15) is 0 Å². The van der Waals surface area contributed by atoms with E-state index in [1.807, 2.05) is 18.2 Å². The highest BCUT2D eigenvalue weighted by Gasteiger charge is 2.36. The zero-order valence-corrected chi connectivity index (χ0v) is 13.3. The summed E-state index contributed by atoms with van der Waals surface area (Å²) in [5, 5.41) is 12.3. The number of rotatable bonds is 6. The minimum absolute atomic E-state index is 0.0928. The van der Waals surface area contributed by atoms with Crippen molar-refractivity contribution in [2.24, 2.45) is 0 Å². The number of carboxylic acids is 1. The molecule has 0 radical (unpaired) electrons. The van der Waals surface area contributed by atoms with Gasteiger partial charge in [0.1, 0.15) is 5.82 Å². The van der Waals surface area contributed by atoms with Crippen molar-refractivity contribution in [2.45, 2.75) is 18.4 Å². The van der Waals surface area contributed by atoms with Crippen LogP contribution < -0.4 is 5.32 Å². The predicted octanol–water partition coefficient (Wildman–Crippen LogP) is 2.97. The van der Waals surface area contributed by atoms with E-state index < -0.39 is 11.8 Å². The van der Waals surface area contributed by atoms with E-state index in [1.54, 1.807) is 0 Å². The molecule has 0 saturated carbocycles. The number of hydrogen-bond acceptors (Lipinski definition) is 3. The lowest BCUT2D eigenvalue weighted by molar-refractivity contribution is 0.0696. The maximum atomic E-state index is 13.9. The van der Waals surface area contributed by atoms with Crippen LogP contribution in [0, 0.1) is 5.82 Å². The molecule has 24 heavy (non-hydrogen) atoms. The minimum Gasteiger partial charge on any atom is -0.478 e. The van der Waals surface area contributed by atoms with Gasteiger partial charge in [0.2, 0.25) is 0 Å². The standard InChI is InChI=1S/C19H20FNO3/c20-17-7-6-14(18(22)23)10-15(17)11-21-12-19(8-9-24-13-19)16-4-2-1-3-5-16/h1-7,10,21H,8-9,11-13H2,(H,22,23). The van der Waals surface area contributed by atoms with Crippen molar-refractivity contribution in [3.63, 3.8) is 0 Å². The normalized spacial score (nSPS) is 20.2. The van der Waals surface area contributed by atoms with Gasteiger partial charge in [-0.05, 0) is 30.2 Å². The molecule has 2 N–H and O–H groups in total. The largest absolute Gasteiger partial charge is 0.478 e. The van der Waals surface area contributed by atoms with E-state index in [9.17, 15) is 9.18 Å². The zero-order valence-electron chi connectivity index (χ0n) is 13.3. The Bertz CT molecular complexity index is 712. The molecule has 3 rings (SSSR count). The number of nitrogens with one attached hydrogen (secondary N) is 1. The lowest BCUT2D eigenvalue weighted by atomic mass is 9.80. The first-order valence-electron chi connectivity index (χ1n) is 7.96. The maximum Gasteiger partial charge on any atom is 0.335 e. The van der Waals surface area contributed by atoms with Crippen LogP contribution in [0.3, 0.4) is 0 Å². The number of halogens is 1. The highest BCUT2D eigenvalue weighted by molar-refractivity contribution is 5.87. The Morgan fingerprint density at radius 2 is 2.04 bits per heavy atom. The SMILES string of the molecule is O=C(O)c1ccc(F)c(CNCC2(c3ccccc3)CCOC2)c1. The molecule has 1 heterocycles. The van der Waals surface area contributed by atoms with Crippen LogP contribution in [0.2, 0.25) is 0 Å². The second-order valence-electron chi connectivity index (χ2n) is 6.16. The van der Waals surface area contributed by atoms with Gasteiger partial charge in [-0.25, -0.2) is 9.18 Å². The minimum atomic E-state index is -1.05. The van der Waals surface area contributed by atoms with E-state index in [0.29, 0.717) is 25.3 Å². The lowest BCUT2D eigenvalue weighted by Crippen LogP contribution is -2.38. The average molecular weight is 329 g/mol. The molecule has 0 aromatic heterocycles. The van der Waals surface area contributed by atoms with Crippen LogP contribution >= 0.6 is 0 Å². The summed E-state index contributed by atoms with van der Waals surface area (Å²) in [4.78, 5) is 11.0. The third-order valence-corrected chi connectivity index (χ3v) is 4.56. The van der Waals surface area contributed by atoms with Crippen LogP contribution in [0.15, 0.2) is 48.5 Å². The molecule has 2 aromatic rings. The van der Waals surface area contributed by atoms with E-state index in [2.05, 4.69) is 17.4 Å². The number of hydrogen-bond donors (Lipinski definition) is 2. The molecule has 0 bridgehead atoms. The molecular weight excluding hydrogens is 309 g/mol. The van der Waals surface area contributed by atoms with Gasteiger partial charge in [0.15, 0.2) is 0 Å². The molecule has 2 aromatic carbocycles. The van der Waals surface area contributed by atoms with Gasteiger partial charge < -0.3 is 15.2 Å². The molecule has 0 aliphatic carbocycles. The quantitative estimate of drug-likeness (QED) is 0.855. The first-order valence-corrected chi connectivity index (χ1v) is 7.96. The molecule has 1 atom stereocenters. The molecule has 1 aliphatic heterocycles. The Morgan fingerprint density at radius 1 is 1.25 bits per heavy atom. The van der Waals surface area contributed by atoms with Crippen molar-refractivity contribution in [3.05, 3.63) is 71.0 Å². The zero-order chi connectivity index (χ0) is 17.0. The Kier molecular flexibility index (Phi) is 4.92.